The molecule has 0 saturated carbocycles. The molecule has 2 unspecified atom stereocenters. The Morgan fingerprint density at radius 3 is 2.00 bits per heavy atom. The van der Waals surface area contributed by atoms with Gasteiger partial charge in [0.1, 0.15) is 12.5 Å². The number of unbranched alkanes of at least 4 members (excludes halogenated alkanes) is 7. The Morgan fingerprint density at radius 1 is 0.926 bits per heavy atom. The van der Waals surface area contributed by atoms with Crippen LogP contribution in [0.25, 0.3) is 0 Å². The SMILES string of the molecule is O=C(CCCCCCCCCCN1C(O)c2ccccc2C1O)NCCS. The lowest BCUT2D eigenvalue weighted by Crippen LogP contribution is -2.27. The maximum atomic E-state index is 11.5. The summed E-state index contributed by atoms with van der Waals surface area (Å²) in [5.74, 6) is 0.825. The van der Waals surface area contributed by atoms with E-state index < -0.39 is 12.5 Å². The Balaban J connectivity index is 1.46. The number of hydrogen-bond acceptors (Lipinski definition) is 5. The molecule has 0 spiro atoms. The van der Waals surface area contributed by atoms with Crippen LogP contribution in [-0.2, 0) is 4.79 Å². The molecule has 1 amide bonds. The number of rotatable bonds is 13. The summed E-state index contributed by atoms with van der Waals surface area (Å²) in [6.07, 6.45) is 8.16. The van der Waals surface area contributed by atoms with Crippen molar-refractivity contribution in [2.75, 3.05) is 18.8 Å². The van der Waals surface area contributed by atoms with Gasteiger partial charge in [0, 0.05) is 36.4 Å². The van der Waals surface area contributed by atoms with Gasteiger partial charge in [-0.3, -0.25) is 4.79 Å². The third-order valence-corrected chi connectivity index (χ3v) is 5.41. The minimum atomic E-state index is -0.693. The summed E-state index contributed by atoms with van der Waals surface area (Å²) in [5.41, 5.74) is 1.65. The second kappa shape index (κ2) is 12.4. The standard InChI is InChI=1S/C21H34N2O3S/c24-19(22-14-16-27)13-7-5-3-1-2-4-6-10-15-23-20(25)17-11-8-9-12-18(17)21(23)26/h8-9,11-12,20-21,25-27H,1-7,10,13-16H2,(H,22,24). The van der Waals surface area contributed by atoms with Crippen LogP contribution >= 0.6 is 12.6 Å². The average molecular weight is 395 g/mol. The highest BCUT2D eigenvalue weighted by molar-refractivity contribution is 7.80. The van der Waals surface area contributed by atoms with E-state index >= 15 is 0 Å². The summed E-state index contributed by atoms with van der Waals surface area (Å²) in [6.45, 7) is 1.36. The van der Waals surface area contributed by atoms with Gasteiger partial charge in [-0.1, -0.05) is 62.8 Å². The van der Waals surface area contributed by atoms with Crippen molar-refractivity contribution in [3.63, 3.8) is 0 Å². The molecule has 27 heavy (non-hydrogen) atoms. The van der Waals surface area contributed by atoms with Crippen molar-refractivity contribution in [1.82, 2.24) is 10.2 Å². The smallest absolute Gasteiger partial charge is 0.220 e. The van der Waals surface area contributed by atoms with Crippen LogP contribution in [0, 0.1) is 0 Å². The predicted octanol–water partition coefficient (Wildman–Crippen LogP) is 3.54. The Labute approximate surface area is 168 Å². The molecule has 0 saturated heterocycles. The number of hydrogen-bond donors (Lipinski definition) is 4. The quantitative estimate of drug-likeness (QED) is 0.305. The number of aliphatic hydroxyl groups excluding tert-OH is 2. The molecule has 2 rings (SSSR count). The van der Waals surface area contributed by atoms with E-state index in [1.54, 1.807) is 4.90 Å². The number of nitrogens with zero attached hydrogens (tertiary/aromatic N) is 1. The maximum absolute atomic E-state index is 11.5. The number of carbonyl (C=O) groups excluding carboxylic acids is 1. The van der Waals surface area contributed by atoms with Crippen LogP contribution in [0.15, 0.2) is 24.3 Å². The number of aliphatic hydroxyl groups is 2. The van der Waals surface area contributed by atoms with Crippen molar-refractivity contribution in [2.24, 2.45) is 0 Å². The highest BCUT2D eigenvalue weighted by Gasteiger charge is 2.35. The van der Waals surface area contributed by atoms with Crippen molar-refractivity contribution in [1.29, 1.82) is 0 Å². The highest BCUT2D eigenvalue weighted by Crippen LogP contribution is 2.38. The van der Waals surface area contributed by atoms with Gasteiger partial charge in [-0.15, -0.1) is 0 Å². The zero-order valence-electron chi connectivity index (χ0n) is 16.1. The van der Waals surface area contributed by atoms with Crippen LogP contribution in [0.3, 0.4) is 0 Å². The molecule has 1 aliphatic rings. The molecule has 1 aromatic carbocycles. The molecule has 0 radical (unpaired) electrons. The first-order chi connectivity index (χ1) is 13.1. The topological polar surface area (TPSA) is 72.8 Å². The van der Waals surface area contributed by atoms with Crippen LogP contribution in [0.1, 0.15) is 81.4 Å². The van der Waals surface area contributed by atoms with Gasteiger partial charge < -0.3 is 15.5 Å². The minimum Gasteiger partial charge on any atom is -0.374 e. The highest BCUT2D eigenvalue weighted by atomic mass is 32.1. The van der Waals surface area contributed by atoms with Crippen LogP contribution in [-0.4, -0.2) is 39.9 Å². The normalized spacial score (nSPS) is 19.2. The van der Waals surface area contributed by atoms with Crippen LogP contribution in [0.5, 0.6) is 0 Å². The predicted molar refractivity (Wildman–Crippen MR) is 111 cm³/mol. The molecule has 0 fully saturated rings. The van der Waals surface area contributed by atoms with E-state index in [9.17, 15) is 15.0 Å². The average Bonchev–Trinajstić information content (AvgIpc) is 2.92. The fourth-order valence-corrected chi connectivity index (χ4v) is 3.75. The number of amides is 1. The summed E-state index contributed by atoms with van der Waals surface area (Å²) in [7, 11) is 0. The Morgan fingerprint density at radius 2 is 1.44 bits per heavy atom. The molecule has 0 bridgehead atoms. The van der Waals surface area contributed by atoms with Gasteiger partial charge in [0.25, 0.3) is 0 Å². The first kappa shape index (κ1) is 22.2. The number of thiol groups is 1. The van der Waals surface area contributed by atoms with Gasteiger partial charge >= 0.3 is 0 Å². The summed E-state index contributed by atoms with van der Waals surface area (Å²) in [5, 5.41) is 23.5. The molecule has 1 heterocycles. The van der Waals surface area contributed by atoms with E-state index in [2.05, 4.69) is 17.9 Å². The van der Waals surface area contributed by atoms with E-state index in [1.807, 2.05) is 24.3 Å². The zero-order valence-corrected chi connectivity index (χ0v) is 17.0. The third kappa shape index (κ3) is 7.11. The fraction of sp³-hybridized carbons (Fsp3) is 0.667. The van der Waals surface area contributed by atoms with Gasteiger partial charge in [-0.25, -0.2) is 4.90 Å². The van der Waals surface area contributed by atoms with Gasteiger partial charge in [0.15, 0.2) is 0 Å². The van der Waals surface area contributed by atoms with Gasteiger partial charge in [-0.05, 0) is 12.8 Å². The van der Waals surface area contributed by atoms with Gasteiger partial charge in [-0.2, -0.15) is 12.6 Å². The summed E-state index contributed by atoms with van der Waals surface area (Å²) in [6, 6.07) is 7.56. The van der Waals surface area contributed by atoms with Crippen molar-refractivity contribution in [3.05, 3.63) is 35.4 Å². The molecule has 6 heteroatoms. The monoisotopic (exact) mass is 394 g/mol. The van der Waals surface area contributed by atoms with Crippen molar-refractivity contribution in [3.8, 4) is 0 Å². The number of fused-ring (bicyclic) bond motifs is 1. The van der Waals surface area contributed by atoms with Crippen LogP contribution < -0.4 is 5.32 Å². The molecule has 2 atom stereocenters. The molecule has 3 N–H and O–H groups in total. The molecule has 1 aliphatic heterocycles. The van der Waals surface area contributed by atoms with Crippen molar-refractivity contribution in [2.45, 2.75) is 70.2 Å². The zero-order chi connectivity index (χ0) is 19.5. The fourth-order valence-electron chi connectivity index (χ4n) is 3.64. The minimum absolute atomic E-state index is 0.137. The molecular weight excluding hydrogens is 360 g/mol. The lowest BCUT2D eigenvalue weighted by Gasteiger charge is -2.24. The van der Waals surface area contributed by atoms with Crippen molar-refractivity contribution < 1.29 is 15.0 Å². The number of carbonyl (C=O) groups is 1. The first-order valence-electron chi connectivity index (χ1n) is 10.2. The molecule has 5 nitrogen and oxygen atoms in total. The largest absolute Gasteiger partial charge is 0.374 e. The van der Waals surface area contributed by atoms with E-state index in [-0.39, 0.29) is 5.91 Å². The van der Waals surface area contributed by atoms with Gasteiger partial charge in [0.05, 0.1) is 0 Å². The first-order valence-corrected chi connectivity index (χ1v) is 10.9. The molecule has 152 valence electrons. The number of nitrogens with one attached hydrogen (secondary N) is 1. The Hall–Kier alpha value is -1.08. The summed E-state index contributed by atoms with van der Waals surface area (Å²) < 4.78 is 0. The summed E-state index contributed by atoms with van der Waals surface area (Å²) in [4.78, 5) is 13.2. The molecular formula is C21H34N2O3S. The molecule has 1 aromatic rings. The molecule has 0 aliphatic carbocycles. The van der Waals surface area contributed by atoms with Crippen molar-refractivity contribution >= 4 is 18.5 Å². The van der Waals surface area contributed by atoms with Crippen LogP contribution in [0.2, 0.25) is 0 Å². The Bertz CT molecular complexity index is 541. The molecule has 0 aromatic heterocycles. The lowest BCUT2D eigenvalue weighted by molar-refractivity contribution is -0.121. The van der Waals surface area contributed by atoms with Crippen LogP contribution in [0.4, 0.5) is 0 Å². The maximum Gasteiger partial charge on any atom is 0.220 e. The Kier molecular flexibility index (Phi) is 10.2. The third-order valence-electron chi connectivity index (χ3n) is 5.18. The lowest BCUT2D eigenvalue weighted by atomic mass is 10.1. The second-order valence-corrected chi connectivity index (χ2v) is 7.71. The number of benzene rings is 1. The van der Waals surface area contributed by atoms with E-state index in [4.69, 9.17) is 0 Å². The second-order valence-electron chi connectivity index (χ2n) is 7.27. The van der Waals surface area contributed by atoms with E-state index in [0.29, 0.717) is 25.3 Å². The van der Waals surface area contributed by atoms with E-state index in [0.717, 1.165) is 36.8 Å². The van der Waals surface area contributed by atoms with Gasteiger partial charge in [0.2, 0.25) is 5.91 Å². The summed E-state index contributed by atoms with van der Waals surface area (Å²) >= 11 is 4.07. The van der Waals surface area contributed by atoms with E-state index in [1.165, 1.54) is 25.7 Å².